The lowest BCUT2D eigenvalue weighted by molar-refractivity contribution is -0.385. The third-order valence-electron chi connectivity index (χ3n) is 3.54. The van der Waals surface area contributed by atoms with Gasteiger partial charge in [-0.1, -0.05) is 36.4 Å². The molecular formula is C16H20ClN3O4S. The van der Waals surface area contributed by atoms with Crippen molar-refractivity contribution in [3.05, 3.63) is 70.3 Å². The minimum Gasteiger partial charge on any atom is -0.329 e. The molecule has 0 unspecified atom stereocenters. The predicted octanol–water partition coefficient (Wildman–Crippen LogP) is 2.21. The van der Waals surface area contributed by atoms with E-state index in [0.717, 1.165) is 11.6 Å². The van der Waals surface area contributed by atoms with Crippen LogP contribution in [0.2, 0.25) is 0 Å². The summed E-state index contributed by atoms with van der Waals surface area (Å²) in [5.74, 6) is 0. The number of nitro groups is 1. The second-order valence-corrected chi connectivity index (χ2v) is 7.12. The van der Waals surface area contributed by atoms with Gasteiger partial charge in [0.15, 0.2) is 0 Å². The van der Waals surface area contributed by atoms with Gasteiger partial charge in [-0.15, -0.1) is 12.4 Å². The molecule has 0 amide bonds. The van der Waals surface area contributed by atoms with Gasteiger partial charge in [0.1, 0.15) is 0 Å². The molecule has 0 atom stereocenters. The highest BCUT2D eigenvalue weighted by molar-refractivity contribution is 7.89. The van der Waals surface area contributed by atoms with E-state index in [0.29, 0.717) is 6.42 Å². The fourth-order valence-corrected chi connectivity index (χ4v) is 3.80. The van der Waals surface area contributed by atoms with Crippen LogP contribution in [0.1, 0.15) is 5.56 Å². The van der Waals surface area contributed by atoms with Crippen LogP contribution in [0.4, 0.5) is 5.69 Å². The van der Waals surface area contributed by atoms with Gasteiger partial charge in [0.05, 0.1) is 9.82 Å². The minimum atomic E-state index is -3.84. The van der Waals surface area contributed by atoms with Crippen LogP contribution in [0.25, 0.3) is 0 Å². The van der Waals surface area contributed by atoms with Crippen molar-refractivity contribution in [1.82, 2.24) is 4.31 Å². The standard InChI is InChI=1S/C16H19N3O4S.ClH/c17-10-12-18(11-9-14-5-2-1-3-6-14)24(22,23)16-8-4-7-15(13-16)19(20)21;/h1-8,13H,9-12,17H2;1H. The van der Waals surface area contributed by atoms with Gasteiger partial charge in [-0.25, -0.2) is 8.42 Å². The first kappa shape index (κ1) is 21.0. The maximum absolute atomic E-state index is 12.8. The maximum atomic E-state index is 12.8. The summed E-state index contributed by atoms with van der Waals surface area (Å²) in [7, 11) is -3.84. The second-order valence-electron chi connectivity index (χ2n) is 5.18. The van der Waals surface area contributed by atoms with Crippen LogP contribution in [0, 0.1) is 10.1 Å². The molecule has 0 saturated heterocycles. The van der Waals surface area contributed by atoms with E-state index in [9.17, 15) is 18.5 Å². The van der Waals surface area contributed by atoms with Crippen molar-refractivity contribution in [2.75, 3.05) is 19.6 Å². The van der Waals surface area contributed by atoms with Gasteiger partial charge in [0.25, 0.3) is 5.69 Å². The monoisotopic (exact) mass is 385 g/mol. The molecule has 136 valence electrons. The third kappa shape index (κ3) is 5.50. The molecule has 0 aliphatic heterocycles. The van der Waals surface area contributed by atoms with Crippen LogP contribution in [-0.2, 0) is 16.4 Å². The summed E-state index contributed by atoms with van der Waals surface area (Å²) < 4.78 is 26.8. The van der Waals surface area contributed by atoms with Gasteiger partial charge in [0.2, 0.25) is 10.0 Å². The number of nitro benzene ring substituents is 1. The highest BCUT2D eigenvalue weighted by Crippen LogP contribution is 2.21. The molecule has 0 aliphatic rings. The molecule has 0 bridgehead atoms. The zero-order valence-electron chi connectivity index (χ0n) is 13.4. The lowest BCUT2D eigenvalue weighted by Crippen LogP contribution is -2.36. The molecule has 0 aliphatic carbocycles. The molecule has 2 aromatic carbocycles. The van der Waals surface area contributed by atoms with Crippen LogP contribution in [0.5, 0.6) is 0 Å². The molecule has 2 rings (SSSR count). The van der Waals surface area contributed by atoms with Crippen LogP contribution >= 0.6 is 12.4 Å². The zero-order valence-corrected chi connectivity index (χ0v) is 15.1. The molecule has 7 nitrogen and oxygen atoms in total. The highest BCUT2D eigenvalue weighted by atomic mass is 35.5. The van der Waals surface area contributed by atoms with Crippen LogP contribution in [0.3, 0.4) is 0 Å². The Hall–Kier alpha value is -2.00. The summed E-state index contributed by atoms with van der Waals surface area (Å²) >= 11 is 0. The summed E-state index contributed by atoms with van der Waals surface area (Å²) in [5, 5.41) is 10.9. The van der Waals surface area contributed by atoms with E-state index in [2.05, 4.69) is 0 Å². The molecule has 0 spiro atoms. The number of benzene rings is 2. The topological polar surface area (TPSA) is 107 Å². The highest BCUT2D eigenvalue weighted by Gasteiger charge is 2.25. The summed E-state index contributed by atoms with van der Waals surface area (Å²) in [6.45, 7) is 0.576. The van der Waals surface area contributed by atoms with Crippen LogP contribution in [0.15, 0.2) is 59.5 Å². The number of non-ortho nitro benzene ring substituents is 1. The SMILES string of the molecule is Cl.NCCN(CCc1ccccc1)S(=O)(=O)c1cccc([N+](=O)[O-])c1. The molecule has 0 heterocycles. The second kappa shape index (κ2) is 9.47. The Balaban J connectivity index is 0.00000312. The molecule has 2 N–H and O–H groups in total. The van der Waals surface area contributed by atoms with Gasteiger partial charge < -0.3 is 5.73 Å². The largest absolute Gasteiger partial charge is 0.329 e. The van der Waals surface area contributed by atoms with Crippen molar-refractivity contribution in [2.24, 2.45) is 5.73 Å². The Morgan fingerprint density at radius 2 is 1.72 bits per heavy atom. The van der Waals surface area contributed by atoms with Crippen molar-refractivity contribution in [3.8, 4) is 0 Å². The lowest BCUT2D eigenvalue weighted by atomic mass is 10.1. The Morgan fingerprint density at radius 3 is 2.32 bits per heavy atom. The first-order valence-electron chi connectivity index (χ1n) is 7.44. The molecule has 0 saturated carbocycles. The Morgan fingerprint density at radius 1 is 1.04 bits per heavy atom. The van der Waals surface area contributed by atoms with E-state index >= 15 is 0 Å². The molecule has 0 radical (unpaired) electrons. The number of nitrogens with two attached hydrogens (primary N) is 1. The first-order valence-corrected chi connectivity index (χ1v) is 8.88. The van der Waals surface area contributed by atoms with E-state index in [1.165, 1.54) is 22.5 Å². The number of hydrogen-bond acceptors (Lipinski definition) is 5. The first-order chi connectivity index (χ1) is 11.4. The average Bonchev–Trinajstić information content (AvgIpc) is 2.59. The molecule has 9 heteroatoms. The Bertz CT molecular complexity index is 800. The Labute approximate surface area is 153 Å². The van der Waals surface area contributed by atoms with E-state index in [1.807, 2.05) is 30.3 Å². The molecule has 25 heavy (non-hydrogen) atoms. The van der Waals surface area contributed by atoms with Crippen molar-refractivity contribution >= 4 is 28.1 Å². The van der Waals surface area contributed by atoms with Gasteiger partial charge in [-0.05, 0) is 18.1 Å². The van der Waals surface area contributed by atoms with E-state index in [4.69, 9.17) is 5.73 Å². The summed E-state index contributed by atoms with van der Waals surface area (Å²) in [6, 6.07) is 14.5. The van der Waals surface area contributed by atoms with Crippen molar-refractivity contribution < 1.29 is 13.3 Å². The maximum Gasteiger partial charge on any atom is 0.270 e. The summed E-state index contributed by atoms with van der Waals surface area (Å²) in [4.78, 5) is 10.1. The number of nitrogens with zero attached hydrogens (tertiary/aromatic N) is 2. The fraction of sp³-hybridized carbons (Fsp3) is 0.250. The van der Waals surface area contributed by atoms with Crippen LogP contribution in [-0.4, -0.2) is 37.3 Å². The lowest BCUT2D eigenvalue weighted by Gasteiger charge is -2.21. The van der Waals surface area contributed by atoms with Gasteiger partial charge in [-0.2, -0.15) is 4.31 Å². The summed E-state index contributed by atoms with van der Waals surface area (Å²) in [5.41, 5.74) is 6.29. The number of halogens is 1. The number of sulfonamides is 1. The van der Waals surface area contributed by atoms with E-state index < -0.39 is 14.9 Å². The smallest absolute Gasteiger partial charge is 0.270 e. The van der Waals surface area contributed by atoms with Gasteiger partial charge >= 0.3 is 0 Å². The minimum absolute atomic E-state index is 0. The molecule has 0 fully saturated rings. The number of rotatable bonds is 8. The van der Waals surface area contributed by atoms with E-state index in [1.54, 1.807) is 0 Å². The van der Waals surface area contributed by atoms with Gasteiger partial charge in [-0.3, -0.25) is 10.1 Å². The van der Waals surface area contributed by atoms with Crippen molar-refractivity contribution in [3.63, 3.8) is 0 Å². The van der Waals surface area contributed by atoms with Crippen LogP contribution < -0.4 is 5.73 Å². The fourth-order valence-electron chi connectivity index (χ4n) is 2.30. The zero-order chi connectivity index (χ0) is 17.6. The summed E-state index contributed by atoms with van der Waals surface area (Å²) in [6.07, 6.45) is 0.537. The number of hydrogen-bond donors (Lipinski definition) is 1. The van der Waals surface area contributed by atoms with Crippen molar-refractivity contribution in [1.29, 1.82) is 0 Å². The van der Waals surface area contributed by atoms with Crippen molar-refractivity contribution in [2.45, 2.75) is 11.3 Å². The predicted molar refractivity (Wildman–Crippen MR) is 98.3 cm³/mol. The Kier molecular flexibility index (Phi) is 7.98. The third-order valence-corrected chi connectivity index (χ3v) is 5.43. The quantitative estimate of drug-likeness (QED) is 0.553. The normalized spacial score (nSPS) is 11.1. The average molecular weight is 386 g/mol. The molecule has 2 aromatic rings. The molecular weight excluding hydrogens is 366 g/mol. The van der Waals surface area contributed by atoms with E-state index in [-0.39, 0.29) is 42.6 Å². The molecule has 0 aromatic heterocycles. The van der Waals surface area contributed by atoms with Gasteiger partial charge in [0, 0.05) is 31.8 Å².